The molecular weight excluding hydrogens is 760 g/mol. The number of nitrogens with zero attached hydrogens (tertiary/aromatic N) is 2. The molecule has 5 heteroatoms. The fourth-order valence-electron chi connectivity index (χ4n) is 6.88. The lowest BCUT2D eigenvalue weighted by Gasteiger charge is -2.19. The summed E-state index contributed by atoms with van der Waals surface area (Å²) in [5, 5.41) is 7.49. The van der Waals surface area contributed by atoms with E-state index >= 15 is 0 Å². The van der Waals surface area contributed by atoms with Gasteiger partial charge in [0.1, 0.15) is 11.2 Å². The highest BCUT2D eigenvalue weighted by atomic mass is 127. The SMILES string of the molecule is CCN1C(=CC(=CC=CC(=Cc2sc3ccccc3[n+]2CC)c2cccc3ccccc23)c2cccc3ccccc23)Sc2ccccc21.[I-]. The van der Waals surface area contributed by atoms with E-state index in [4.69, 9.17) is 0 Å². The van der Waals surface area contributed by atoms with Crippen molar-refractivity contribution < 1.29 is 28.5 Å². The molecule has 50 heavy (non-hydrogen) atoms. The van der Waals surface area contributed by atoms with Gasteiger partial charge in [0.15, 0.2) is 0 Å². The molecule has 0 N–H and O–H groups in total. The summed E-state index contributed by atoms with van der Waals surface area (Å²) in [5.74, 6) is 0. The maximum atomic E-state index is 2.43. The molecule has 0 unspecified atom stereocenters. The second-order valence-corrected chi connectivity index (χ2v) is 14.2. The smallest absolute Gasteiger partial charge is 0.263 e. The Morgan fingerprint density at radius 2 is 1.30 bits per heavy atom. The summed E-state index contributed by atoms with van der Waals surface area (Å²) < 4.78 is 3.73. The molecule has 0 bridgehead atoms. The van der Waals surface area contributed by atoms with Crippen LogP contribution < -0.4 is 33.4 Å². The number of benzene rings is 6. The van der Waals surface area contributed by atoms with Gasteiger partial charge in [-0.1, -0.05) is 151 Å². The first-order valence-electron chi connectivity index (χ1n) is 17.0. The lowest BCUT2D eigenvalue weighted by Crippen LogP contribution is -3.00. The number of aromatic nitrogens is 1. The number of aryl methyl sites for hydroxylation is 1. The number of thioether (sulfide) groups is 1. The van der Waals surface area contributed by atoms with Crippen molar-refractivity contribution in [3.8, 4) is 0 Å². The highest BCUT2D eigenvalue weighted by Crippen LogP contribution is 2.46. The molecule has 1 aliphatic heterocycles. The maximum Gasteiger partial charge on any atom is 0.263 e. The normalized spacial score (nSPS) is 14.3. The van der Waals surface area contributed by atoms with Gasteiger partial charge in [0.05, 0.1) is 10.7 Å². The second-order valence-electron chi connectivity index (χ2n) is 12.1. The lowest BCUT2D eigenvalue weighted by molar-refractivity contribution is -0.665. The average Bonchev–Trinajstić information content (AvgIpc) is 3.70. The fourth-order valence-corrected chi connectivity index (χ4v) is 9.24. The standard InChI is InChI=1S/C45H37N2S2.HI/c1-3-46-40-26-9-11-28-42(40)48-44(46)30-34(38-24-14-18-32-16-5-7-22-36(32)38)20-13-21-35(39-25-15-19-33-17-6-8-23-37(33)39)31-45-47(4-2)41-27-10-12-29-43(41)49-45;/h5-31H,3-4H2,1-2H3;1H/q+1;/p-1. The summed E-state index contributed by atoms with van der Waals surface area (Å²) in [5.41, 5.74) is 7.39. The molecule has 0 aliphatic carbocycles. The molecule has 246 valence electrons. The zero-order valence-corrected chi connectivity index (χ0v) is 31.9. The number of thiazole rings is 1. The van der Waals surface area contributed by atoms with Gasteiger partial charge in [0, 0.05) is 23.6 Å². The van der Waals surface area contributed by atoms with Gasteiger partial charge >= 0.3 is 0 Å². The molecule has 0 saturated heterocycles. The maximum absolute atomic E-state index is 2.43. The van der Waals surface area contributed by atoms with Crippen molar-refractivity contribution in [2.24, 2.45) is 0 Å². The van der Waals surface area contributed by atoms with Crippen LogP contribution in [-0.4, -0.2) is 6.54 Å². The van der Waals surface area contributed by atoms with E-state index in [0.29, 0.717) is 0 Å². The summed E-state index contributed by atoms with van der Waals surface area (Å²) in [4.78, 5) is 3.73. The first kappa shape index (κ1) is 34.0. The van der Waals surface area contributed by atoms with Crippen LogP contribution in [0.2, 0.25) is 0 Å². The van der Waals surface area contributed by atoms with Crippen molar-refractivity contribution in [1.29, 1.82) is 0 Å². The van der Waals surface area contributed by atoms with E-state index < -0.39 is 0 Å². The highest BCUT2D eigenvalue weighted by molar-refractivity contribution is 8.03. The lowest BCUT2D eigenvalue weighted by atomic mass is 9.96. The number of anilines is 1. The molecule has 0 fully saturated rings. The van der Waals surface area contributed by atoms with Crippen molar-refractivity contribution in [2.75, 3.05) is 11.4 Å². The van der Waals surface area contributed by atoms with Gasteiger partial charge in [-0.05, 0) is 81.9 Å². The Morgan fingerprint density at radius 1 is 0.680 bits per heavy atom. The molecule has 6 aromatic carbocycles. The van der Waals surface area contributed by atoms with Crippen molar-refractivity contribution in [3.05, 3.63) is 179 Å². The largest absolute Gasteiger partial charge is 1.00 e. The van der Waals surface area contributed by atoms with Crippen molar-refractivity contribution >= 4 is 77.8 Å². The van der Waals surface area contributed by atoms with Gasteiger partial charge in [0.25, 0.3) is 5.01 Å². The molecule has 1 aromatic heterocycles. The van der Waals surface area contributed by atoms with Crippen LogP contribution in [0.25, 0.3) is 49.0 Å². The third kappa shape index (κ3) is 6.58. The highest BCUT2D eigenvalue weighted by Gasteiger charge is 2.24. The zero-order chi connectivity index (χ0) is 33.2. The average molecular weight is 797 g/mol. The minimum Gasteiger partial charge on any atom is -1.00 e. The summed E-state index contributed by atoms with van der Waals surface area (Å²) in [7, 11) is 0. The Kier molecular flexibility index (Phi) is 10.4. The van der Waals surface area contributed by atoms with Gasteiger partial charge < -0.3 is 28.9 Å². The Bertz CT molecular complexity index is 2460. The van der Waals surface area contributed by atoms with Crippen LogP contribution in [0, 0.1) is 0 Å². The van der Waals surface area contributed by atoms with Crippen LogP contribution in [0.15, 0.2) is 168 Å². The minimum atomic E-state index is 0. The van der Waals surface area contributed by atoms with Crippen molar-refractivity contribution in [1.82, 2.24) is 0 Å². The molecule has 8 rings (SSSR count). The molecule has 2 heterocycles. The number of rotatable bonds is 8. The number of para-hydroxylation sites is 2. The van der Waals surface area contributed by atoms with E-state index in [2.05, 4.69) is 187 Å². The molecule has 7 aromatic rings. The van der Waals surface area contributed by atoms with E-state index in [0.717, 1.165) is 13.1 Å². The summed E-state index contributed by atoms with van der Waals surface area (Å²) in [6.07, 6.45) is 11.6. The number of halogens is 1. The van der Waals surface area contributed by atoms with Gasteiger partial charge in [-0.2, -0.15) is 4.57 Å². The topological polar surface area (TPSA) is 7.12 Å². The van der Waals surface area contributed by atoms with Crippen molar-refractivity contribution in [2.45, 2.75) is 25.3 Å². The third-order valence-electron chi connectivity index (χ3n) is 9.22. The number of allylic oxidation sites excluding steroid dienone is 6. The van der Waals surface area contributed by atoms with E-state index in [9.17, 15) is 0 Å². The molecule has 0 saturated carbocycles. The quantitative estimate of drug-likeness (QED) is 0.0861. The molecule has 0 spiro atoms. The monoisotopic (exact) mass is 796 g/mol. The first-order chi connectivity index (χ1) is 24.2. The molecule has 0 amide bonds. The van der Waals surface area contributed by atoms with Gasteiger partial charge in [0.2, 0.25) is 5.52 Å². The summed E-state index contributed by atoms with van der Waals surface area (Å²) in [6.45, 7) is 6.29. The molecule has 2 nitrogen and oxygen atoms in total. The summed E-state index contributed by atoms with van der Waals surface area (Å²) in [6, 6.07) is 48.1. The van der Waals surface area contributed by atoms with E-state index in [1.54, 1.807) is 0 Å². The minimum absolute atomic E-state index is 0. The third-order valence-corrected chi connectivity index (χ3v) is 11.4. The Hall–Kier alpha value is -4.43. The van der Waals surface area contributed by atoms with Crippen LogP contribution in [0.1, 0.15) is 30.0 Å². The van der Waals surface area contributed by atoms with Gasteiger partial charge in [-0.25, -0.2) is 0 Å². The molecular formula is C45H37IN2S2. The zero-order valence-electron chi connectivity index (χ0n) is 28.1. The van der Waals surface area contributed by atoms with E-state index in [1.165, 1.54) is 74.7 Å². The Labute approximate surface area is 319 Å². The van der Waals surface area contributed by atoms with Crippen molar-refractivity contribution in [3.63, 3.8) is 0 Å². The predicted molar refractivity (Wildman–Crippen MR) is 214 cm³/mol. The molecule has 0 atom stereocenters. The van der Waals surface area contributed by atoms with Crippen LogP contribution in [-0.2, 0) is 6.54 Å². The Morgan fingerprint density at radius 3 is 2.02 bits per heavy atom. The number of hydrogen-bond donors (Lipinski definition) is 0. The van der Waals surface area contributed by atoms with Crippen LogP contribution in [0.4, 0.5) is 5.69 Å². The molecule has 1 aliphatic rings. The van der Waals surface area contributed by atoms with E-state index in [1.807, 2.05) is 23.1 Å². The number of hydrogen-bond acceptors (Lipinski definition) is 3. The Balaban J connectivity index is 0.00000392. The molecule has 0 radical (unpaired) electrons. The van der Waals surface area contributed by atoms with Crippen LogP contribution in [0.3, 0.4) is 0 Å². The first-order valence-corrected chi connectivity index (χ1v) is 18.6. The fraction of sp³-hybridized carbons (Fsp3) is 0.0889. The van der Waals surface area contributed by atoms with Gasteiger partial charge in [-0.3, -0.25) is 0 Å². The van der Waals surface area contributed by atoms with Gasteiger partial charge in [-0.15, -0.1) is 0 Å². The predicted octanol–water partition coefficient (Wildman–Crippen LogP) is 9.17. The summed E-state index contributed by atoms with van der Waals surface area (Å²) >= 11 is 3.70. The van der Waals surface area contributed by atoms with Crippen LogP contribution in [0.5, 0.6) is 0 Å². The van der Waals surface area contributed by atoms with E-state index in [-0.39, 0.29) is 24.0 Å². The van der Waals surface area contributed by atoms with Crippen LogP contribution >= 0.6 is 23.1 Å². The second kappa shape index (κ2) is 15.2. The number of fused-ring (bicyclic) bond motifs is 4.